The Morgan fingerprint density at radius 2 is 2.26 bits per heavy atom. The Hall–Kier alpha value is -1.89. The minimum atomic E-state index is -0.995. The third-order valence-electron chi connectivity index (χ3n) is 3.22. The molecule has 1 aliphatic heterocycles. The van der Waals surface area contributed by atoms with Gasteiger partial charge in [0.05, 0.1) is 24.9 Å². The molecule has 2 heterocycles. The predicted molar refractivity (Wildman–Crippen MR) is 67.5 cm³/mol. The molecule has 0 bridgehead atoms. The van der Waals surface area contributed by atoms with Gasteiger partial charge in [0.2, 0.25) is 0 Å². The maximum atomic E-state index is 12.3. The zero-order valence-corrected chi connectivity index (χ0v) is 11.3. The van der Waals surface area contributed by atoms with Crippen LogP contribution in [0, 0.1) is 0 Å². The standard InChI is InChI=1S/C12H18N4O3/c1-12(11(18)13-2)8-16(4-5-19-12)10(17)9-6-14-15(3)7-9/h6-7H,4-5,8H2,1-3H3,(H,13,18)/t12-/m1/s1. The molecule has 1 N–H and O–H groups in total. The van der Waals surface area contributed by atoms with Crippen molar-refractivity contribution in [2.45, 2.75) is 12.5 Å². The molecule has 0 spiro atoms. The Morgan fingerprint density at radius 1 is 1.53 bits per heavy atom. The number of aryl methyl sites for hydroxylation is 1. The summed E-state index contributed by atoms with van der Waals surface area (Å²) in [6.07, 6.45) is 3.18. The average Bonchev–Trinajstić information content (AvgIpc) is 2.83. The van der Waals surface area contributed by atoms with E-state index in [0.29, 0.717) is 18.7 Å². The highest BCUT2D eigenvalue weighted by Crippen LogP contribution is 2.19. The number of nitrogens with zero attached hydrogens (tertiary/aromatic N) is 3. The molecule has 2 rings (SSSR count). The highest BCUT2D eigenvalue weighted by molar-refractivity contribution is 5.94. The second-order valence-corrected chi connectivity index (χ2v) is 4.79. The van der Waals surface area contributed by atoms with Crippen molar-refractivity contribution in [2.24, 2.45) is 7.05 Å². The molecule has 1 aromatic heterocycles. The summed E-state index contributed by atoms with van der Waals surface area (Å²) in [5.74, 6) is -0.359. The van der Waals surface area contributed by atoms with Gasteiger partial charge in [-0.2, -0.15) is 5.10 Å². The van der Waals surface area contributed by atoms with Crippen LogP contribution in [0.1, 0.15) is 17.3 Å². The Kier molecular flexibility index (Phi) is 3.57. The van der Waals surface area contributed by atoms with Gasteiger partial charge >= 0.3 is 0 Å². The van der Waals surface area contributed by atoms with E-state index in [1.165, 1.54) is 6.20 Å². The van der Waals surface area contributed by atoms with Crippen LogP contribution in [0.2, 0.25) is 0 Å². The quantitative estimate of drug-likeness (QED) is 0.775. The highest BCUT2D eigenvalue weighted by Gasteiger charge is 2.40. The highest BCUT2D eigenvalue weighted by atomic mass is 16.5. The van der Waals surface area contributed by atoms with Crippen molar-refractivity contribution in [3.05, 3.63) is 18.0 Å². The van der Waals surface area contributed by atoms with E-state index < -0.39 is 5.60 Å². The van der Waals surface area contributed by atoms with Crippen LogP contribution in [0.25, 0.3) is 0 Å². The summed E-state index contributed by atoms with van der Waals surface area (Å²) >= 11 is 0. The normalized spacial score (nSPS) is 23.2. The van der Waals surface area contributed by atoms with Gasteiger partial charge in [0.25, 0.3) is 11.8 Å². The molecule has 0 radical (unpaired) electrons. The number of hydrogen-bond donors (Lipinski definition) is 1. The zero-order chi connectivity index (χ0) is 14.0. The van der Waals surface area contributed by atoms with Gasteiger partial charge in [0.1, 0.15) is 0 Å². The number of amides is 2. The summed E-state index contributed by atoms with van der Waals surface area (Å²) in [7, 11) is 3.31. The second kappa shape index (κ2) is 5.00. The third-order valence-corrected chi connectivity index (χ3v) is 3.22. The van der Waals surface area contributed by atoms with Crippen molar-refractivity contribution in [1.29, 1.82) is 0 Å². The van der Waals surface area contributed by atoms with Crippen molar-refractivity contribution in [1.82, 2.24) is 20.0 Å². The van der Waals surface area contributed by atoms with Crippen molar-refractivity contribution in [3.8, 4) is 0 Å². The first-order valence-electron chi connectivity index (χ1n) is 6.10. The summed E-state index contributed by atoms with van der Waals surface area (Å²) in [5, 5.41) is 6.54. The van der Waals surface area contributed by atoms with Crippen LogP contribution in [0.5, 0.6) is 0 Å². The van der Waals surface area contributed by atoms with Gasteiger partial charge in [-0.25, -0.2) is 0 Å². The zero-order valence-electron chi connectivity index (χ0n) is 11.3. The number of aromatic nitrogens is 2. The maximum absolute atomic E-state index is 12.3. The Morgan fingerprint density at radius 3 is 2.84 bits per heavy atom. The summed E-state index contributed by atoms with van der Waals surface area (Å²) in [4.78, 5) is 25.7. The smallest absolute Gasteiger partial charge is 0.257 e. The molecule has 104 valence electrons. The van der Waals surface area contributed by atoms with E-state index in [1.54, 1.807) is 36.8 Å². The van der Waals surface area contributed by atoms with E-state index in [1.807, 2.05) is 0 Å². The van der Waals surface area contributed by atoms with Crippen LogP contribution in [-0.2, 0) is 16.6 Å². The molecule has 1 aliphatic rings. The molecule has 0 unspecified atom stereocenters. The number of carbonyl (C=O) groups is 2. The lowest BCUT2D eigenvalue weighted by Crippen LogP contribution is -2.58. The van der Waals surface area contributed by atoms with E-state index in [-0.39, 0.29) is 18.4 Å². The number of nitrogens with one attached hydrogen (secondary N) is 1. The number of likely N-dealkylation sites (N-methyl/N-ethyl adjacent to an activating group) is 1. The minimum absolute atomic E-state index is 0.133. The fourth-order valence-electron chi connectivity index (χ4n) is 2.16. The van der Waals surface area contributed by atoms with Crippen molar-refractivity contribution >= 4 is 11.8 Å². The Labute approximate surface area is 111 Å². The second-order valence-electron chi connectivity index (χ2n) is 4.79. The average molecular weight is 266 g/mol. The SMILES string of the molecule is CNC(=O)[C@@]1(C)CN(C(=O)c2cnn(C)c2)CCO1. The van der Waals surface area contributed by atoms with Crippen molar-refractivity contribution < 1.29 is 14.3 Å². The van der Waals surface area contributed by atoms with Gasteiger partial charge in [-0.15, -0.1) is 0 Å². The molecule has 1 aromatic rings. The number of ether oxygens (including phenoxy) is 1. The van der Waals surface area contributed by atoms with Gasteiger partial charge < -0.3 is 15.0 Å². The van der Waals surface area contributed by atoms with Crippen LogP contribution in [0.4, 0.5) is 0 Å². The van der Waals surface area contributed by atoms with E-state index >= 15 is 0 Å². The van der Waals surface area contributed by atoms with Gasteiger partial charge in [0.15, 0.2) is 5.60 Å². The lowest BCUT2D eigenvalue weighted by Gasteiger charge is -2.38. The summed E-state index contributed by atoms with van der Waals surface area (Å²) in [6, 6.07) is 0. The summed E-state index contributed by atoms with van der Waals surface area (Å²) < 4.78 is 7.09. The molecule has 1 saturated heterocycles. The fraction of sp³-hybridized carbons (Fsp3) is 0.583. The minimum Gasteiger partial charge on any atom is -0.362 e. The van der Waals surface area contributed by atoms with E-state index in [9.17, 15) is 9.59 Å². The summed E-state index contributed by atoms with van der Waals surface area (Å²) in [5.41, 5.74) is -0.478. The molecule has 0 saturated carbocycles. The molecule has 7 heteroatoms. The first-order chi connectivity index (χ1) is 8.96. The molecular weight excluding hydrogens is 248 g/mol. The molecule has 0 aliphatic carbocycles. The van der Waals surface area contributed by atoms with E-state index in [4.69, 9.17) is 4.74 Å². The first kappa shape index (κ1) is 13.5. The van der Waals surface area contributed by atoms with Crippen LogP contribution in [-0.4, -0.2) is 58.8 Å². The number of carbonyl (C=O) groups excluding carboxylic acids is 2. The van der Waals surface area contributed by atoms with Crippen LogP contribution in [0.3, 0.4) is 0 Å². The van der Waals surface area contributed by atoms with Crippen molar-refractivity contribution in [2.75, 3.05) is 26.7 Å². The van der Waals surface area contributed by atoms with Gasteiger partial charge in [-0.3, -0.25) is 14.3 Å². The number of rotatable bonds is 2. The van der Waals surface area contributed by atoms with Gasteiger partial charge in [-0.1, -0.05) is 0 Å². The first-order valence-corrected chi connectivity index (χ1v) is 6.10. The molecular formula is C12H18N4O3. The lowest BCUT2D eigenvalue weighted by atomic mass is 10.0. The lowest BCUT2D eigenvalue weighted by molar-refractivity contribution is -0.153. The Balaban J connectivity index is 2.13. The Bertz CT molecular complexity index is 499. The van der Waals surface area contributed by atoms with Gasteiger partial charge in [0, 0.05) is 26.8 Å². The molecule has 19 heavy (non-hydrogen) atoms. The largest absolute Gasteiger partial charge is 0.362 e. The topological polar surface area (TPSA) is 76.5 Å². The van der Waals surface area contributed by atoms with Crippen LogP contribution < -0.4 is 5.32 Å². The van der Waals surface area contributed by atoms with Gasteiger partial charge in [-0.05, 0) is 6.92 Å². The third kappa shape index (κ3) is 2.60. The molecule has 1 fully saturated rings. The maximum Gasteiger partial charge on any atom is 0.257 e. The number of morpholine rings is 1. The summed E-state index contributed by atoms with van der Waals surface area (Å²) in [6.45, 7) is 2.74. The van der Waals surface area contributed by atoms with Crippen LogP contribution in [0.15, 0.2) is 12.4 Å². The molecule has 7 nitrogen and oxygen atoms in total. The molecule has 2 amide bonds. The molecule has 1 atom stereocenters. The molecule has 0 aromatic carbocycles. The predicted octanol–water partition coefficient (Wildman–Crippen LogP) is -0.603. The van der Waals surface area contributed by atoms with Crippen LogP contribution >= 0.6 is 0 Å². The van der Waals surface area contributed by atoms with E-state index in [2.05, 4.69) is 10.4 Å². The monoisotopic (exact) mass is 266 g/mol. The number of hydrogen-bond acceptors (Lipinski definition) is 4. The fourth-order valence-corrected chi connectivity index (χ4v) is 2.16. The van der Waals surface area contributed by atoms with Crippen molar-refractivity contribution in [3.63, 3.8) is 0 Å². The van der Waals surface area contributed by atoms with E-state index in [0.717, 1.165) is 0 Å².